The quantitative estimate of drug-likeness (QED) is 0.796. The van der Waals surface area contributed by atoms with E-state index in [1.807, 2.05) is 25.1 Å². The Kier molecular flexibility index (Phi) is 4.82. The van der Waals surface area contributed by atoms with Gasteiger partial charge in [-0.05, 0) is 29.4 Å². The number of benzene rings is 2. The number of fused-ring (bicyclic) bond motifs is 1. The fourth-order valence-corrected chi connectivity index (χ4v) is 2.89. The first-order chi connectivity index (χ1) is 9.20. The van der Waals surface area contributed by atoms with E-state index in [2.05, 4.69) is 29.6 Å². The normalized spacial score (nSPS) is 12.5. The monoisotopic (exact) mass is 275 g/mol. The molecule has 1 atom stereocenters. The molecule has 0 spiro atoms. The molecule has 19 heavy (non-hydrogen) atoms. The molecular weight excluding hydrogens is 258 g/mol. The predicted octanol–water partition coefficient (Wildman–Crippen LogP) is 2.99. The third-order valence-electron chi connectivity index (χ3n) is 2.89. The van der Waals surface area contributed by atoms with Crippen LogP contribution in [0.3, 0.4) is 0 Å². The van der Waals surface area contributed by atoms with Gasteiger partial charge in [-0.2, -0.15) is 0 Å². The van der Waals surface area contributed by atoms with Gasteiger partial charge in [0.1, 0.15) is 6.04 Å². The minimum absolute atomic E-state index is 0.499. The SMILES string of the molecule is CCNC(CSc1ccc2ccccc2c1)C(=O)O. The first-order valence-electron chi connectivity index (χ1n) is 6.28. The summed E-state index contributed by atoms with van der Waals surface area (Å²) < 4.78 is 0. The van der Waals surface area contributed by atoms with Crippen LogP contribution in [0.4, 0.5) is 0 Å². The van der Waals surface area contributed by atoms with Gasteiger partial charge < -0.3 is 10.4 Å². The van der Waals surface area contributed by atoms with E-state index in [1.54, 1.807) is 11.8 Å². The third-order valence-corrected chi connectivity index (χ3v) is 3.97. The van der Waals surface area contributed by atoms with Crippen LogP contribution in [0, 0.1) is 0 Å². The maximum Gasteiger partial charge on any atom is 0.321 e. The lowest BCUT2D eigenvalue weighted by Gasteiger charge is -2.12. The molecule has 0 heterocycles. The van der Waals surface area contributed by atoms with Crippen molar-refractivity contribution in [3.8, 4) is 0 Å². The first kappa shape index (κ1) is 13.9. The summed E-state index contributed by atoms with van der Waals surface area (Å²) in [6.07, 6.45) is 0. The van der Waals surface area contributed by atoms with Gasteiger partial charge in [0.2, 0.25) is 0 Å². The molecule has 2 N–H and O–H groups in total. The summed E-state index contributed by atoms with van der Waals surface area (Å²) in [6.45, 7) is 2.58. The van der Waals surface area contributed by atoms with Crippen LogP contribution in [0.2, 0.25) is 0 Å². The van der Waals surface area contributed by atoms with Crippen molar-refractivity contribution in [1.82, 2.24) is 5.32 Å². The van der Waals surface area contributed by atoms with E-state index in [0.717, 1.165) is 4.90 Å². The molecule has 0 bridgehead atoms. The van der Waals surface area contributed by atoms with Gasteiger partial charge in [-0.1, -0.05) is 37.3 Å². The van der Waals surface area contributed by atoms with Crippen molar-refractivity contribution in [1.29, 1.82) is 0 Å². The highest BCUT2D eigenvalue weighted by Crippen LogP contribution is 2.24. The Morgan fingerprint density at radius 1 is 1.26 bits per heavy atom. The average Bonchev–Trinajstić information content (AvgIpc) is 2.43. The molecule has 0 radical (unpaired) electrons. The van der Waals surface area contributed by atoms with Crippen LogP contribution in [0.1, 0.15) is 6.92 Å². The van der Waals surface area contributed by atoms with Crippen LogP contribution in [-0.4, -0.2) is 29.4 Å². The maximum absolute atomic E-state index is 11.0. The number of aliphatic carboxylic acids is 1. The van der Waals surface area contributed by atoms with Gasteiger partial charge in [0, 0.05) is 10.6 Å². The highest BCUT2D eigenvalue weighted by Gasteiger charge is 2.15. The molecule has 0 fully saturated rings. The molecule has 2 aromatic rings. The number of likely N-dealkylation sites (N-methyl/N-ethyl adjacent to an activating group) is 1. The fraction of sp³-hybridized carbons (Fsp3) is 0.267. The molecule has 0 aliphatic carbocycles. The number of carbonyl (C=O) groups is 1. The molecule has 2 rings (SSSR count). The Bertz CT molecular complexity index is 571. The lowest BCUT2D eigenvalue weighted by molar-refractivity contribution is -0.138. The molecule has 0 saturated heterocycles. The fourth-order valence-electron chi connectivity index (χ4n) is 1.90. The zero-order valence-electron chi connectivity index (χ0n) is 10.8. The van der Waals surface area contributed by atoms with Gasteiger partial charge in [0.15, 0.2) is 0 Å². The van der Waals surface area contributed by atoms with Gasteiger partial charge in [-0.3, -0.25) is 4.79 Å². The van der Waals surface area contributed by atoms with Crippen molar-refractivity contribution in [2.75, 3.05) is 12.3 Å². The van der Waals surface area contributed by atoms with E-state index in [9.17, 15) is 4.79 Å². The summed E-state index contributed by atoms with van der Waals surface area (Å²) >= 11 is 1.57. The van der Waals surface area contributed by atoms with Gasteiger partial charge >= 0.3 is 5.97 Å². The van der Waals surface area contributed by atoms with E-state index in [0.29, 0.717) is 12.3 Å². The molecule has 0 aliphatic rings. The number of carboxylic acids is 1. The van der Waals surface area contributed by atoms with E-state index >= 15 is 0 Å². The minimum atomic E-state index is -0.796. The maximum atomic E-state index is 11.0. The molecular formula is C15H17NO2S. The van der Waals surface area contributed by atoms with Gasteiger partial charge in [0.25, 0.3) is 0 Å². The molecule has 0 aromatic heterocycles. The van der Waals surface area contributed by atoms with E-state index in [-0.39, 0.29) is 0 Å². The third kappa shape index (κ3) is 3.72. The van der Waals surface area contributed by atoms with Crippen molar-refractivity contribution < 1.29 is 9.90 Å². The number of rotatable bonds is 6. The zero-order chi connectivity index (χ0) is 13.7. The highest BCUT2D eigenvalue weighted by atomic mass is 32.2. The van der Waals surface area contributed by atoms with E-state index < -0.39 is 12.0 Å². The van der Waals surface area contributed by atoms with Crippen molar-refractivity contribution in [3.05, 3.63) is 42.5 Å². The van der Waals surface area contributed by atoms with Crippen molar-refractivity contribution in [2.45, 2.75) is 17.9 Å². The smallest absolute Gasteiger partial charge is 0.321 e. The number of carboxylic acid groups (broad SMARTS) is 1. The second kappa shape index (κ2) is 6.59. The van der Waals surface area contributed by atoms with Gasteiger partial charge in [-0.15, -0.1) is 11.8 Å². The number of thioether (sulfide) groups is 1. The van der Waals surface area contributed by atoms with Crippen LogP contribution < -0.4 is 5.32 Å². The van der Waals surface area contributed by atoms with Crippen molar-refractivity contribution in [2.24, 2.45) is 0 Å². The molecule has 4 heteroatoms. The Labute approximate surface area is 117 Å². The molecule has 0 aliphatic heterocycles. The van der Waals surface area contributed by atoms with E-state index in [4.69, 9.17) is 5.11 Å². The summed E-state index contributed by atoms with van der Waals surface area (Å²) in [5.74, 6) is -0.267. The van der Waals surface area contributed by atoms with Crippen LogP contribution in [0.5, 0.6) is 0 Å². The summed E-state index contributed by atoms with van der Waals surface area (Å²) in [4.78, 5) is 12.1. The molecule has 3 nitrogen and oxygen atoms in total. The Hall–Kier alpha value is -1.52. The van der Waals surface area contributed by atoms with Crippen molar-refractivity contribution in [3.63, 3.8) is 0 Å². The predicted molar refractivity (Wildman–Crippen MR) is 79.8 cm³/mol. The first-order valence-corrected chi connectivity index (χ1v) is 7.27. The molecule has 2 aromatic carbocycles. The highest BCUT2D eigenvalue weighted by molar-refractivity contribution is 7.99. The molecule has 0 amide bonds. The van der Waals surface area contributed by atoms with Crippen LogP contribution >= 0.6 is 11.8 Å². The summed E-state index contributed by atoms with van der Waals surface area (Å²) in [6, 6.07) is 13.9. The molecule has 100 valence electrons. The van der Waals surface area contributed by atoms with Gasteiger partial charge in [-0.25, -0.2) is 0 Å². The number of hydrogen-bond donors (Lipinski definition) is 2. The minimum Gasteiger partial charge on any atom is -0.480 e. The summed E-state index contributed by atoms with van der Waals surface area (Å²) in [7, 11) is 0. The van der Waals surface area contributed by atoms with Crippen LogP contribution in [-0.2, 0) is 4.79 Å². The average molecular weight is 275 g/mol. The Balaban J connectivity index is 2.06. The standard InChI is InChI=1S/C15H17NO2S/c1-2-16-14(15(17)18)10-19-13-8-7-11-5-3-4-6-12(11)9-13/h3-9,14,16H,2,10H2,1H3,(H,17,18). The number of hydrogen-bond acceptors (Lipinski definition) is 3. The number of nitrogens with one attached hydrogen (secondary N) is 1. The topological polar surface area (TPSA) is 49.3 Å². The summed E-state index contributed by atoms with van der Waals surface area (Å²) in [5, 5.41) is 14.4. The van der Waals surface area contributed by atoms with Gasteiger partial charge in [0.05, 0.1) is 0 Å². The lowest BCUT2D eigenvalue weighted by atomic mass is 10.1. The zero-order valence-corrected chi connectivity index (χ0v) is 11.6. The van der Waals surface area contributed by atoms with Crippen LogP contribution in [0.25, 0.3) is 10.8 Å². The van der Waals surface area contributed by atoms with Crippen LogP contribution in [0.15, 0.2) is 47.4 Å². The second-order valence-electron chi connectivity index (χ2n) is 4.27. The Morgan fingerprint density at radius 3 is 2.68 bits per heavy atom. The van der Waals surface area contributed by atoms with Crippen molar-refractivity contribution >= 4 is 28.5 Å². The van der Waals surface area contributed by atoms with E-state index in [1.165, 1.54) is 10.8 Å². The lowest BCUT2D eigenvalue weighted by Crippen LogP contribution is -2.38. The molecule has 1 unspecified atom stereocenters. The Morgan fingerprint density at radius 2 is 2.00 bits per heavy atom. The summed E-state index contributed by atoms with van der Waals surface area (Å²) in [5.41, 5.74) is 0. The second-order valence-corrected chi connectivity index (χ2v) is 5.36. The largest absolute Gasteiger partial charge is 0.480 e. The molecule has 0 saturated carbocycles.